The Morgan fingerprint density at radius 2 is 2.30 bits per heavy atom. The average Bonchev–Trinajstić information content (AvgIpc) is 2.83. The zero-order valence-electron chi connectivity index (χ0n) is 11.0. The molecule has 1 fully saturated rings. The number of amides is 1. The molecule has 0 bridgehead atoms. The Labute approximate surface area is 115 Å². The highest BCUT2D eigenvalue weighted by Gasteiger charge is 2.29. The van der Waals surface area contributed by atoms with Crippen molar-refractivity contribution >= 4 is 17.3 Å². The maximum absolute atomic E-state index is 12.2. The SMILES string of the molecule is CC1OCCC1NC(=O)c1cccc(NN)c1[N+](=O)[O-]. The van der Waals surface area contributed by atoms with Crippen LogP contribution in [-0.4, -0.2) is 29.6 Å². The largest absolute Gasteiger partial charge is 0.376 e. The number of hydrogen-bond donors (Lipinski definition) is 3. The summed E-state index contributed by atoms with van der Waals surface area (Å²) in [5.74, 6) is 4.73. The Kier molecular flexibility index (Phi) is 4.16. The van der Waals surface area contributed by atoms with E-state index in [1.54, 1.807) is 0 Å². The third-order valence-corrected chi connectivity index (χ3v) is 3.31. The topological polar surface area (TPSA) is 120 Å². The van der Waals surface area contributed by atoms with Gasteiger partial charge in [-0.1, -0.05) is 6.07 Å². The number of nitrogen functional groups attached to an aromatic ring is 1. The number of carbonyl (C=O) groups excluding carboxylic acids is 1. The molecule has 0 aliphatic carbocycles. The molecule has 4 N–H and O–H groups in total. The molecule has 2 unspecified atom stereocenters. The first-order valence-electron chi connectivity index (χ1n) is 6.21. The van der Waals surface area contributed by atoms with Gasteiger partial charge in [0.05, 0.1) is 17.1 Å². The van der Waals surface area contributed by atoms with Gasteiger partial charge >= 0.3 is 5.69 Å². The van der Waals surface area contributed by atoms with Gasteiger partial charge < -0.3 is 15.5 Å². The number of nitro groups is 1. The first kappa shape index (κ1) is 14.2. The molecule has 1 aromatic carbocycles. The predicted molar refractivity (Wildman–Crippen MR) is 72.2 cm³/mol. The van der Waals surface area contributed by atoms with Crippen molar-refractivity contribution in [2.24, 2.45) is 5.84 Å². The molecule has 0 radical (unpaired) electrons. The Hall–Kier alpha value is -2.19. The highest BCUT2D eigenvalue weighted by atomic mass is 16.6. The second kappa shape index (κ2) is 5.85. The number of hydrogen-bond acceptors (Lipinski definition) is 6. The maximum Gasteiger partial charge on any atom is 0.306 e. The lowest BCUT2D eigenvalue weighted by molar-refractivity contribution is -0.384. The number of para-hydroxylation sites is 1. The van der Waals surface area contributed by atoms with Gasteiger partial charge in [-0.15, -0.1) is 0 Å². The fourth-order valence-electron chi connectivity index (χ4n) is 2.21. The van der Waals surface area contributed by atoms with Crippen LogP contribution in [0.2, 0.25) is 0 Å². The summed E-state index contributed by atoms with van der Waals surface area (Å²) in [4.78, 5) is 22.7. The van der Waals surface area contributed by atoms with Crippen LogP contribution in [0.15, 0.2) is 18.2 Å². The lowest BCUT2D eigenvalue weighted by atomic mass is 10.1. The van der Waals surface area contributed by atoms with Gasteiger partial charge in [0.25, 0.3) is 5.91 Å². The second-order valence-electron chi connectivity index (χ2n) is 4.55. The van der Waals surface area contributed by atoms with Crippen LogP contribution < -0.4 is 16.6 Å². The molecule has 0 aromatic heterocycles. The van der Waals surface area contributed by atoms with Gasteiger partial charge in [0, 0.05) is 6.61 Å². The van der Waals surface area contributed by atoms with Crippen molar-refractivity contribution in [2.75, 3.05) is 12.0 Å². The number of nitrogens with two attached hydrogens (primary N) is 1. The van der Waals surface area contributed by atoms with E-state index in [0.717, 1.165) is 0 Å². The van der Waals surface area contributed by atoms with Gasteiger partial charge in [0.15, 0.2) is 0 Å². The van der Waals surface area contributed by atoms with E-state index in [9.17, 15) is 14.9 Å². The molecule has 1 aliphatic heterocycles. The summed E-state index contributed by atoms with van der Waals surface area (Å²) in [6.07, 6.45) is 0.587. The number of nitrogens with one attached hydrogen (secondary N) is 2. The number of anilines is 1. The summed E-state index contributed by atoms with van der Waals surface area (Å²) in [7, 11) is 0. The van der Waals surface area contributed by atoms with Crippen molar-refractivity contribution in [2.45, 2.75) is 25.5 Å². The van der Waals surface area contributed by atoms with E-state index in [4.69, 9.17) is 10.6 Å². The van der Waals surface area contributed by atoms with E-state index < -0.39 is 10.8 Å². The maximum atomic E-state index is 12.2. The molecule has 1 saturated heterocycles. The van der Waals surface area contributed by atoms with Crippen LogP contribution in [-0.2, 0) is 4.74 Å². The summed E-state index contributed by atoms with van der Waals surface area (Å²) in [6, 6.07) is 4.23. The highest BCUT2D eigenvalue weighted by Crippen LogP contribution is 2.28. The fourth-order valence-corrected chi connectivity index (χ4v) is 2.21. The van der Waals surface area contributed by atoms with E-state index in [-0.39, 0.29) is 29.1 Å². The fraction of sp³-hybridized carbons (Fsp3) is 0.417. The number of benzene rings is 1. The van der Waals surface area contributed by atoms with Crippen LogP contribution in [0.5, 0.6) is 0 Å². The van der Waals surface area contributed by atoms with Crippen LogP contribution in [0.1, 0.15) is 23.7 Å². The summed E-state index contributed by atoms with van der Waals surface area (Å²) in [5, 5.41) is 13.9. The molecular formula is C12H16N4O4. The predicted octanol–water partition coefficient (Wildman–Crippen LogP) is 0.788. The monoisotopic (exact) mass is 280 g/mol. The van der Waals surface area contributed by atoms with E-state index in [1.165, 1.54) is 18.2 Å². The van der Waals surface area contributed by atoms with Crippen molar-refractivity contribution in [1.82, 2.24) is 5.32 Å². The molecule has 0 spiro atoms. The minimum absolute atomic E-state index is 0.0236. The third kappa shape index (κ3) is 2.70. The highest BCUT2D eigenvalue weighted by molar-refractivity contribution is 6.00. The van der Waals surface area contributed by atoms with Gasteiger partial charge in [0.2, 0.25) is 0 Å². The van der Waals surface area contributed by atoms with E-state index in [1.807, 2.05) is 6.92 Å². The molecule has 108 valence electrons. The second-order valence-corrected chi connectivity index (χ2v) is 4.55. The van der Waals surface area contributed by atoms with Crippen LogP contribution in [0.4, 0.5) is 11.4 Å². The zero-order chi connectivity index (χ0) is 14.7. The molecule has 2 atom stereocenters. The van der Waals surface area contributed by atoms with E-state index in [0.29, 0.717) is 13.0 Å². The van der Waals surface area contributed by atoms with Gasteiger partial charge in [0.1, 0.15) is 11.3 Å². The summed E-state index contributed by atoms with van der Waals surface area (Å²) in [5.41, 5.74) is 1.97. The van der Waals surface area contributed by atoms with E-state index in [2.05, 4.69) is 10.7 Å². The molecule has 8 heteroatoms. The normalized spacial score (nSPS) is 21.5. The minimum atomic E-state index is -0.626. The summed E-state index contributed by atoms with van der Waals surface area (Å²) >= 11 is 0. The average molecular weight is 280 g/mol. The molecule has 8 nitrogen and oxygen atoms in total. The third-order valence-electron chi connectivity index (χ3n) is 3.31. The van der Waals surface area contributed by atoms with Crippen molar-refractivity contribution in [3.05, 3.63) is 33.9 Å². The Morgan fingerprint density at radius 1 is 1.55 bits per heavy atom. The van der Waals surface area contributed by atoms with Gasteiger partial charge in [-0.2, -0.15) is 0 Å². The summed E-state index contributed by atoms with van der Waals surface area (Å²) < 4.78 is 5.34. The van der Waals surface area contributed by atoms with Crippen LogP contribution in [0.25, 0.3) is 0 Å². The Bertz CT molecular complexity index is 534. The number of nitrogens with zero attached hydrogens (tertiary/aromatic N) is 1. The lowest BCUT2D eigenvalue weighted by Gasteiger charge is -2.16. The molecule has 1 aromatic rings. The molecule has 1 aliphatic rings. The number of ether oxygens (including phenoxy) is 1. The number of carbonyl (C=O) groups is 1. The smallest absolute Gasteiger partial charge is 0.306 e. The van der Waals surface area contributed by atoms with Gasteiger partial charge in [-0.3, -0.25) is 20.8 Å². The van der Waals surface area contributed by atoms with Crippen LogP contribution >= 0.6 is 0 Å². The molecular weight excluding hydrogens is 264 g/mol. The van der Waals surface area contributed by atoms with Crippen LogP contribution in [0.3, 0.4) is 0 Å². The Balaban J connectivity index is 2.27. The molecule has 20 heavy (non-hydrogen) atoms. The molecule has 2 rings (SSSR count). The molecule has 1 amide bonds. The first-order valence-corrected chi connectivity index (χ1v) is 6.21. The first-order chi connectivity index (χ1) is 9.54. The van der Waals surface area contributed by atoms with Crippen molar-refractivity contribution in [3.8, 4) is 0 Å². The summed E-state index contributed by atoms with van der Waals surface area (Å²) in [6.45, 7) is 2.42. The lowest BCUT2D eigenvalue weighted by Crippen LogP contribution is -2.39. The van der Waals surface area contributed by atoms with Gasteiger partial charge in [-0.05, 0) is 25.5 Å². The van der Waals surface area contributed by atoms with Gasteiger partial charge in [-0.25, -0.2) is 0 Å². The van der Waals surface area contributed by atoms with E-state index >= 15 is 0 Å². The van der Waals surface area contributed by atoms with Crippen LogP contribution in [0, 0.1) is 10.1 Å². The van der Waals surface area contributed by atoms with Crippen molar-refractivity contribution < 1.29 is 14.5 Å². The molecule has 1 heterocycles. The minimum Gasteiger partial charge on any atom is -0.376 e. The number of rotatable bonds is 4. The number of hydrazine groups is 1. The standard InChI is InChI=1S/C12H16N4O4/c1-7-9(5-6-20-7)14-12(17)8-3-2-4-10(15-13)11(8)16(18)19/h2-4,7,9,15H,5-6,13H2,1H3,(H,14,17). The number of nitro benzene ring substituents is 1. The zero-order valence-corrected chi connectivity index (χ0v) is 11.0. The van der Waals surface area contributed by atoms with Crippen molar-refractivity contribution in [1.29, 1.82) is 0 Å². The molecule has 0 saturated carbocycles. The Morgan fingerprint density at radius 3 is 2.85 bits per heavy atom. The quantitative estimate of drug-likeness (QED) is 0.426. The van der Waals surface area contributed by atoms with Crippen molar-refractivity contribution in [3.63, 3.8) is 0 Å².